The van der Waals surface area contributed by atoms with Gasteiger partial charge in [0.15, 0.2) is 0 Å². The van der Waals surface area contributed by atoms with Crippen LogP contribution < -0.4 is 9.92 Å². The van der Waals surface area contributed by atoms with Crippen LogP contribution >= 0.6 is 0 Å². The Bertz CT molecular complexity index is 467. The molecule has 0 amide bonds. The largest absolute Gasteiger partial charge is 0.398 e. The molecule has 0 radical (unpaired) electrons. The highest BCUT2D eigenvalue weighted by Crippen LogP contribution is 2.27. The third kappa shape index (κ3) is 2.84. The van der Waals surface area contributed by atoms with Gasteiger partial charge < -0.3 is 15.0 Å². The normalized spacial score (nSPS) is 11.4. The van der Waals surface area contributed by atoms with Gasteiger partial charge in [-0.3, -0.25) is 0 Å². The molecule has 0 aliphatic carbocycles. The van der Waals surface area contributed by atoms with Gasteiger partial charge in [0.25, 0.3) is 0 Å². The first-order valence-electron chi connectivity index (χ1n) is 4.23. The molecule has 0 atom stereocenters. The van der Waals surface area contributed by atoms with E-state index in [-0.39, 0.29) is 12.4 Å². The molecule has 3 N–H and O–H groups in total. The fraction of sp³-hybridized carbons (Fsp3) is 0.333. The fourth-order valence-corrected chi connectivity index (χ4v) is 1.66. The van der Waals surface area contributed by atoms with Crippen molar-refractivity contribution < 1.29 is 17.7 Å². The monoisotopic (exact) mass is 231 g/mol. The Balaban J connectivity index is 3.18. The number of hydrogen-bond acceptors (Lipinski definition) is 5. The highest BCUT2D eigenvalue weighted by molar-refractivity contribution is 7.86. The molecule has 1 rings (SSSR count). The molecule has 84 valence electrons. The van der Waals surface area contributed by atoms with E-state index in [0.717, 1.165) is 6.26 Å². The molecule has 0 spiro atoms. The molecule has 0 heterocycles. The predicted molar refractivity (Wildman–Crippen MR) is 57.0 cm³/mol. The summed E-state index contributed by atoms with van der Waals surface area (Å²) in [6, 6.07) is 3.00. The van der Waals surface area contributed by atoms with Crippen LogP contribution in [0.3, 0.4) is 0 Å². The lowest BCUT2D eigenvalue weighted by Crippen LogP contribution is -2.08. The molecule has 0 aromatic heterocycles. The zero-order chi connectivity index (χ0) is 11.6. The van der Waals surface area contributed by atoms with Crippen molar-refractivity contribution in [2.75, 3.05) is 12.0 Å². The highest BCUT2D eigenvalue weighted by Gasteiger charge is 2.11. The van der Waals surface area contributed by atoms with Crippen molar-refractivity contribution in [3.8, 4) is 5.75 Å². The standard InChI is InChI=1S/C9H13NO4S/c1-6-8(14-15(2,12)13)4-3-7(5-11)9(6)10/h3-4,11H,5,10H2,1-2H3. The summed E-state index contributed by atoms with van der Waals surface area (Å²) in [6.45, 7) is 1.45. The van der Waals surface area contributed by atoms with Crippen LogP contribution in [0.15, 0.2) is 12.1 Å². The molecule has 0 bridgehead atoms. The first-order valence-corrected chi connectivity index (χ1v) is 6.05. The van der Waals surface area contributed by atoms with E-state index in [1.54, 1.807) is 6.92 Å². The second-order valence-corrected chi connectivity index (χ2v) is 4.78. The number of nitrogens with two attached hydrogens (primary N) is 1. The number of hydrogen-bond donors (Lipinski definition) is 2. The number of rotatable bonds is 3. The molecule has 0 aliphatic heterocycles. The van der Waals surface area contributed by atoms with E-state index < -0.39 is 10.1 Å². The predicted octanol–water partition coefficient (Wildman–Crippen LogP) is 0.408. The molecule has 1 aromatic carbocycles. The van der Waals surface area contributed by atoms with E-state index >= 15 is 0 Å². The summed E-state index contributed by atoms with van der Waals surface area (Å²) in [5, 5.41) is 8.93. The lowest BCUT2D eigenvalue weighted by atomic mass is 10.1. The second kappa shape index (κ2) is 4.08. The zero-order valence-corrected chi connectivity index (χ0v) is 9.34. The fourth-order valence-electron chi connectivity index (χ4n) is 1.16. The van der Waals surface area contributed by atoms with Gasteiger partial charge in [-0.25, -0.2) is 0 Å². The molecule has 6 heteroatoms. The number of aliphatic hydroxyl groups is 1. The topological polar surface area (TPSA) is 89.6 Å². The highest BCUT2D eigenvalue weighted by atomic mass is 32.2. The minimum Gasteiger partial charge on any atom is -0.398 e. The number of benzene rings is 1. The van der Waals surface area contributed by atoms with Gasteiger partial charge in [0.05, 0.1) is 12.9 Å². The summed E-state index contributed by atoms with van der Waals surface area (Å²) < 4.78 is 26.5. The van der Waals surface area contributed by atoms with Gasteiger partial charge in [0.1, 0.15) is 5.75 Å². The second-order valence-electron chi connectivity index (χ2n) is 3.21. The van der Waals surface area contributed by atoms with Crippen LogP contribution in [-0.2, 0) is 16.7 Å². The van der Waals surface area contributed by atoms with Crippen molar-refractivity contribution in [3.63, 3.8) is 0 Å². The molecule has 0 aliphatic rings. The molecule has 1 aromatic rings. The van der Waals surface area contributed by atoms with E-state index in [0.29, 0.717) is 16.8 Å². The average molecular weight is 231 g/mol. The third-order valence-corrected chi connectivity index (χ3v) is 2.45. The summed E-state index contributed by atoms with van der Waals surface area (Å²) in [5.41, 5.74) is 7.08. The SMILES string of the molecule is Cc1c(OS(C)(=O)=O)ccc(CO)c1N. The maximum Gasteiger partial charge on any atom is 0.306 e. The van der Waals surface area contributed by atoms with Crippen LogP contribution in [-0.4, -0.2) is 19.8 Å². The number of anilines is 1. The van der Waals surface area contributed by atoms with Gasteiger partial charge in [0, 0.05) is 16.8 Å². The Morgan fingerprint density at radius 3 is 2.53 bits per heavy atom. The zero-order valence-electron chi connectivity index (χ0n) is 8.52. The maximum atomic E-state index is 10.9. The van der Waals surface area contributed by atoms with Crippen molar-refractivity contribution in [2.45, 2.75) is 13.5 Å². The average Bonchev–Trinajstić information content (AvgIpc) is 2.11. The molecule has 0 saturated heterocycles. The summed E-state index contributed by atoms with van der Waals surface area (Å²) in [5.74, 6) is 0.187. The van der Waals surface area contributed by atoms with E-state index in [1.807, 2.05) is 0 Å². The van der Waals surface area contributed by atoms with Gasteiger partial charge in [-0.2, -0.15) is 8.42 Å². The maximum absolute atomic E-state index is 10.9. The van der Waals surface area contributed by atoms with Crippen LogP contribution in [0.1, 0.15) is 11.1 Å². The summed E-state index contributed by atoms with van der Waals surface area (Å²) in [7, 11) is -3.55. The minimum atomic E-state index is -3.55. The Hall–Kier alpha value is -1.27. The Kier molecular flexibility index (Phi) is 3.21. The smallest absolute Gasteiger partial charge is 0.306 e. The summed E-state index contributed by atoms with van der Waals surface area (Å²) in [6.07, 6.45) is 0.961. The molecule has 15 heavy (non-hydrogen) atoms. The molecular formula is C9H13NO4S. The minimum absolute atomic E-state index is 0.187. The van der Waals surface area contributed by atoms with Crippen LogP contribution in [0.2, 0.25) is 0 Å². The van der Waals surface area contributed by atoms with Gasteiger partial charge in [-0.1, -0.05) is 6.07 Å². The van der Waals surface area contributed by atoms with Crippen molar-refractivity contribution in [1.82, 2.24) is 0 Å². The Morgan fingerprint density at radius 2 is 2.07 bits per heavy atom. The Morgan fingerprint density at radius 1 is 1.47 bits per heavy atom. The molecular weight excluding hydrogens is 218 g/mol. The lowest BCUT2D eigenvalue weighted by Gasteiger charge is -2.11. The van der Waals surface area contributed by atoms with Gasteiger partial charge in [-0.15, -0.1) is 0 Å². The summed E-state index contributed by atoms with van der Waals surface area (Å²) in [4.78, 5) is 0. The Labute approximate surface area is 88.6 Å². The van der Waals surface area contributed by atoms with Crippen molar-refractivity contribution in [3.05, 3.63) is 23.3 Å². The van der Waals surface area contributed by atoms with E-state index in [1.165, 1.54) is 12.1 Å². The lowest BCUT2D eigenvalue weighted by molar-refractivity contribution is 0.282. The van der Waals surface area contributed by atoms with E-state index in [2.05, 4.69) is 0 Å². The molecule has 5 nitrogen and oxygen atoms in total. The van der Waals surface area contributed by atoms with Crippen molar-refractivity contribution >= 4 is 15.8 Å². The molecule has 0 unspecified atom stereocenters. The quantitative estimate of drug-likeness (QED) is 0.581. The molecule has 0 saturated carbocycles. The third-order valence-electron chi connectivity index (χ3n) is 1.97. The first kappa shape index (κ1) is 11.8. The van der Waals surface area contributed by atoms with Crippen LogP contribution in [0.5, 0.6) is 5.75 Å². The number of nitrogen functional groups attached to an aromatic ring is 1. The van der Waals surface area contributed by atoms with E-state index in [4.69, 9.17) is 15.0 Å². The van der Waals surface area contributed by atoms with Crippen molar-refractivity contribution in [2.24, 2.45) is 0 Å². The first-order chi connectivity index (χ1) is 6.85. The summed E-state index contributed by atoms with van der Waals surface area (Å²) >= 11 is 0. The van der Waals surface area contributed by atoms with Crippen LogP contribution in [0, 0.1) is 6.92 Å². The van der Waals surface area contributed by atoms with Gasteiger partial charge >= 0.3 is 10.1 Å². The molecule has 0 fully saturated rings. The van der Waals surface area contributed by atoms with Crippen LogP contribution in [0.4, 0.5) is 5.69 Å². The number of aliphatic hydroxyl groups excluding tert-OH is 1. The van der Waals surface area contributed by atoms with Crippen molar-refractivity contribution in [1.29, 1.82) is 0 Å². The van der Waals surface area contributed by atoms with Crippen LogP contribution in [0.25, 0.3) is 0 Å². The van der Waals surface area contributed by atoms with Gasteiger partial charge in [0.2, 0.25) is 0 Å². The van der Waals surface area contributed by atoms with Gasteiger partial charge in [-0.05, 0) is 13.0 Å². The van der Waals surface area contributed by atoms with E-state index in [9.17, 15) is 8.42 Å².